The van der Waals surface area contributed by atoms with Crippen LogP contribution < -0.4 is 10.5 Å². The number of aryl methyl sites for hydroxylation is 2. The zero-order valence-electron chi connectivity index (χ0n) is 13.9. The molecule has 1 atom stereocenters. The highest BCUT2D eigenvalue weighted by molar-refractivity contribution is 7.89. The van der Waals surface area contributed by atoms with E-state index in [1.54, 1.807) is 6.92 Å². The predicted octanol–water partition coefficient (Wildman–Crippen LogP) is 3.30. The van der Waals surface area contributed by atoms with Crippen LogP contribution >= 0.6 is 0 Å². The summed E-state index contributed by atoms with van der Waals surface area (Å²) in [6, 6.07) is 1.74. The zero-order chi connectivity index (χ0) is 16.4. The van der Waals surface area contributed by atoms with Crippen molar-refractivity contribution in [3.63, 3.8) is 0 Å². The van der Waals surface area contributed by atoms with Crippen LogP contribution in [0.2, 0.25) is 0 Å². The van der Waals surface area contributed by atoms with Crippen LogP contribution in [-0.4, -0.2) is 14.5 Å². The van der Waals surface area contributed by atoms with E-state index in [0.29, 0.717) is 22.1 Å². The van der Waals surface area contributed by atoms with E-state index in [1.807, 2.05) is 26.8 Å². The van der Waals surface area contributed by atoms with Crippen molar-refractivity contribution in [3.8, 4) is 0 Å². The minimum absolute atomic E-state index is 0.0914. The first kappa shape index (κ1) is 18.0. The molecule has 1 aromatic rings. The van der Waals surface area contributed by atoms with Gasteiger partial charge in [-0.2, -0.15) is 0 Å². The Balaban J connectivity index is 3.24. The molecule has 0 aromatic heterocycles. The van der Waals surface area contributed by atoms with E-state index in [9.17, 15) is 8.42 Å². The molecule has 0 saturated carbocycles. The van der Waals surface area contributed by atoms with Gasteiger partial charge in [-0.15, -0.1) is 0 Å². The lowest BCUT2D eigenvalue weighted by atomic mass is 9.96. The first-order chi connectivity index (χ1) is 9.65. The van der Waals surface area contributed by atoms with Crippen LogP contribution in [0.3, 0.4) is 0 Å². The minimum Gasteiger partial charge on any atom is -0.398 e. The van der Waals surface area contributed by atoms with Gasteiger partial charge in [0.2, 0.25) is 10.0 Å². The van der Waals surface area contributed by atoms with Crippen molar-refractivity contribution in [1.82, 2.24) is 4.72 Å². The molecule has 1 unspecified atom stereocenters. The summed E-state index contributed by atoms with van der Waals surface area (Å²) in [5.41, 5.74) is 8.84. The highest BCUT2D eigenvalue weighted by Gasteiger charge is 2.26. The highest BCUT2D eigenvalue weighted by Crippen LogP contribution is 2.28. The normalized spacial score (nSPS) is 13.7. The highest BCUT2D eigenvalue weighted by atomic mass is 32.2. The number of benzene rings is 1. The summed E-state index contributed by atoms with van der Waals surface area (Å²) < 4.78 is 28.3. The minimum atomic E-state index is -3.56. The van der Waals surface area contributed by atoms with Gasteiger partial charge in [-0.3, -0.25) is 0 Å². The fraction of sp³-hybridized carbons (Fsp3) is 0.625. The van der Waals surface area contributed by atoms with Crippen LogP contribution in [0, 0.1) is 26.7 Å². The number of rotatable bonds is 6. The Morgan fingerprint density at radius 2 is 1.67 bits per heavy atom. The van der Waals surface area contributed by atoms with Crippen molar-refractivity contribution >= 4 is 15.7 Å². The quantitative estimate of drug-likeness (QED) is 0.792. The molecule has 4 nitrogen and oxygen atoms in total. The second-order valence-electron chi connectivity index (χ2n) is 5.86. The van der Waals surface area contributed by atoms with Crippen molar-refractivity contribution < 1.29 is 8.42 Å². The third kappa shape index (κ3) is 3.77. The lowest BCUT2D eigenvalue weighted by Crippen LogP contribution is -2.38. The van der Waals surface area contributed by atoms with Gasteiger partial charge in [-0.1, -0.05) is 32.8 Å². The SMILES string of the molecule is CCC(CC)C(C)NS(=O)(=O)c1c(C)cc(C)c(N)c1C. The Labute approximate surface area is 129 Å². The second kappa shape index (κ2) is 6.79. The van der Waals surface area contributed by atoms with E-state index in [2.05, 4.69) is 18.6 Å². The van der Waals surface area contributed by atoms with Gasteiger partial charge in [0.25, 0.3) is 0 Å². The molecular formula is C16H28N2O2S. The second-order valence-corrected chi connectivity index (χ2v) is 7.52. The molecule has 0 radical (unpaired) electrons. The molecule has 1 rings (SSSR count). The Bertz CT molecular complexity index is 605. The molecular weight excluding hydrogens is 284 g/mol. The van der Waals surface area contributed by atoms with Gasteiger partial charge in [-0.25, -0.2) is 13.1 Å². The lowest BCUT2D eigenvalue weighted by molar-refractivity contribution is 0.390. The molecule has 3 N–H and O–H groups in total. The number of anilines is 1. The molecule has 0 spiro atoms. The van der Waals surface area contributed by atoms with Crippen molar-refractivity contribution in [2.75, 3.05) is 5.73 Å². The van der Waals surface area contributed by atoms with Crippen molar-refractivity contribution in [2.45, 2.75) is 65.3 Å². The van der Waals surface area contributed by atoms with Crippen LogP contribution in [0.5, 0.6) is 0 Å². The van der Waals surface area contributed by atoms with Gasteiger partial charge in [0, 0.05) is 11.7 Å². The third-order valence-corrected chi connectivity index (χ3v) is 6.17. The summed E-state index contributed by atoms with van der Waals surface area (Å²) in [4.78, 5) is 0.323. The maximum Gasteiger partial charge on any atom is 0.241 e. The fourth-order valence-corrected chi connectivity index (χ4v) is 4.79. The van der Waals surface area contributed by atoms with E-state index in [1.165, 1.54) is 0 Å². The van der Waals surface area contributed by atoms with Gasteiger partial charge >= 0.3 is 0 Å². The third-order valence-electron chi connectivity index (χ3n) is 4.33. The summed E-state index contributed by atoms with van der Waals surface area (Å²) in [6.07, 6.45) is 1.91. The molecule has 5 heteroatoms. The predicted molar refractivity (Wildman–Crippen MR) is 88.9 cm³/mol. The van der Waals surface area contributed by atoms with E-state index in [4.69, 9.17) is 5.73 Å². The summed E-state index contributed by atoms with van der Waals surface area (Å²) in [7, 11) is -3.56. The van der Waals surface area contributed by atoms with E-state index in [0.717, 1.165) is 24.0 Å². The summed E-state index contributed by atoms with van der Waals surface area (Å²) in [6.45, 7) is 11.6. The topological polar surface area (TPSA) is 72.2 Å². The van der Waals surface area contributed by atoms with E-state index in [-0.39, 0.29) is 6.04 Å². The summed E-state index contributed by atoms with van der Waals surface area (Å²) in [5.74, 6) is 0.336. The van der Waals surface area contributed by atoms with E-state index < -0.39 is 10.0 Å². The molecule has 0 amide bonds. The molecule has 0 heterocycles. The lowest BCUT2D eigenvalue weighted by Gasteiger charge is -2.24. The molecule has 0 aliphatic rings. The van der Waals surface area contributed by atoms with Gasteiger partial charge in [0.15, 0.2) is 0 Å². The van der Waals surface area contributed by atoms with Crippen LogP contribution in [-0.2, 0) is 10.0 Å². The molecule has 21 heavy (non-hydrogen) atoms. The zero-order valence-corrected chi connectivity index (χ0v) is 14.8. The van der Waals surface area contributed by atoms with E-state index >= 15 is 0 Å². The van der Waals surface area contributed by atoms with Crippen molar-refractivity contribution in [1.29, 1.82) is 0 Å². The van der Waals surface area contributed by atoms with Crippen molar-refractivity contribution in [2.24, 2.45) is 5.92 Å². The van der Waals surface area contributed by atoms with Gasteiger partial charge in [0.1, 0.15) is 0 Å². The van der Waals surface area contributed by atoms with Gasteiger partial charge in [0.05, 0.1) is 4.90 Å². The number of nitrogens with two attached hydrogens (primary N) is 1. The van der Waals surface area contributed by atoms with Crippen LogP contribution in [0.4, 0.5) is 5.69 Å². The molecule has 0 saturated heterocycles. The first-order valence-corrected chi connectivity index (χ1v) is 9.02. The molecule has 120 valence electrons. The maximum absolute atomic E-state index is 12.7. The van der Waals surface area contributed by atoms with Crippen LogP contribution in [0.15, 0.2) is 11.0 Å². The van der Waals surface area contributed by atoms with Crippen LogP contribution in [0.25, 0.3) is 0 Å². The smallest absolute Gasteiger partial charge is 0.241 e. The molecule has 0 bridgehead atoms. The van der Waals surface area contributed by atoms with Crippen LogP contribution in [0.1, 0.15) is 50.3 Å². The molecule has 0 aliphatic carbocycles. The summed E-state index contributed by atoms with van der Waals surface area (Å²) >= 11 is 0. The van der Waals surface area contributed by atoms with Crippen molar-refractivity contribution in [3.05, 3.63) is 22.8 Å². The first-order valence-electron chi connectivity index (χ1n) is 7.54. The monoisotopic (exact) mass is 312 g/mol. The Morgan fingerprint density at radius 1 is 1.14 bits per heavy atom. The largest absolute Gasteiger partial charge is 0.398 e. The van der Waals surface area contributed by atoms with Gasteiger partial charge < -0.3 is 5.73 Å². The summed E-state index contributed by atoms with van der Waals surface area (Å²) in [5, 5.41) is 0. The average Bonchev–Trinajstić information content (AvgIpc) is 2.36. The number of hydrogen-bond acceptors (Lipinski definition) is 3. The van der Waals surface area contributed by atoms with Gasteiger partial charge in [-0.05, 0) is 50.3 Å². The molecule has 0 aliphatic heterocycles. The Morgan fingerprint density at radius 3 is 2.14 bits per heavy atom. The Kier molecular flexibility index (Phi) is 5.82. The number of nitrogens with one attached hydrogen (secondary N) is 1. The number of nitrogen functional groups attached to an aromatic ring is 1. The fourth-order valence-electron chi connectivity index (χ4n) is 2.99. The number of hydrogen-bond donors (Lipinski definition) is 2. The number of sulfonamides is 1. The molecule has 0 fully saturated rings. The standard InChI is InChI=1S/C16H28N2O2S/c1-7-14(8-2)13(6)18-21(19,20)16-11(4)9-10(3)15(17)12(16)5/h9,13-14,18H,7-8,17H2,1-6H3. The maximum atomic E-state index is 12.7. The average molecular weight is 312 g/mol. The Hall–Kier alpha value is -1.07. The molecule has 1 aromatic carbocycles.